The molecule has 0 saturated heterocycles. The van der Waals surface area contributed by atoms with Crippen LogP contribution in [0.25, 0.3) is 0 Å². The van der Waals surface area contributed by atoms with Gasteiger partial charge in [0.1, 0.15) is 6.04 Å². The van der Waals surface area contributed by atoms with Gasteiger partial charge in [-0.05, 0) is 29.9 Å². The number of methoxy groups -OCH3 is 1. The number of carbonyl (C=O) groups excluding carboxylic acids is 1. The third-order valence-electron chi connectivity index (χ3n) is 3.17. The summed E-state index contributed by atoms with van der Waals surface area (Å²) in [5.41, 5.74) is 0.766. The molecule has 2 heterocycles. The molecule has 1 aromatic rings. The number of hydrogen-bond donors (Lipinski definition) is 0. The summed E-state index contributed by atoms with van der Waals surface area (Å²) >= 11 is 1.55. The monoisotopic (exact) mass is 303 g/mol. The molecule has 0 saturated carbocycles. The molecule has 0 aromatic carbocycles. The molecule has 1 aromatic heterocycles. The maximum Gasteiger partial charge on any atom is 0.328 e. The van der Waals surface area contributed by atoms with Crippen LogP contribution >= 0.6 is 11.3 Å². The minimum atomic E-state index is -3.42. The minimum absolute atomic E-state index is 0.0555. The van der Waals surface area contributed by atoms with Crippen LogP contribution in [0, 0.1) is 0 Å². The van der Waals surface area contributed by atoms with Gasteiger partial charge in [-0.1, -0.05) is 6.92 Å². The lowest BCUT2D eigenvalue weighted by molar-refractivity contribution is -0.145. The summed E-state index contributed by atoms with van der Waals surface area (Å²) in [7, 11) is -2.14. The highest BCUT2D eigenvalue weighted by Crippen LogP contribution is 2.35. The topological polar surface area (TPSA) is 63.7 Å². The highest BCUT2D eigenvalue weighted by molar-refractivity contribution is 7.89. The van der Waals surface area contributed by atoms with Crippen LogP contribution in [0.1, 0.15) is 29.8 Å². The Balaban J connectivity index is 2.43. The van der Waals surface area contributed by atoms with Crippen LogP contribution in [0.4, 0.5) is 0 Å². The summed E-state index contributed by atoms with van der Waals surface area (Å²) in [6.45, 7) is 2.15. The second-order valence-electron chi connectivity index (χ2n) is 4.40. The molecule has 0 fully saturated rings. The van der Waals surface area contributed by atoms with Gasteiger partial charge >= 0.3 is 5.97 Å². The first-order valence-corrected chi connectivity index (χ1v) is 8.63. The van der Waals surface area contributed by atoms with E-state index >= 15 is 0 Å². The molecule has 0 bridgehead atoms. The van der Waals surface area contributed by atoms with Gasteiger partial charge in [0.15, 0.2) is 0 Å². The zero-order valence-corrected chi connectivity index (χ0v) is 12.6. The molecule has 1 aliphatic heterocycles. The second-order valence-corrected chi connectivity index (χ2v) is 7.44. The van der Waals surface area contributed by atoms with Gasteiger partial charge in [-0.15, -0.1) is 11.3 Å². The number of hydrogen-bond acceptors (Lipinski definition) is 5. The number of carbonyl (C=O) groups is 1. The Hall–Kier alpha value is -0.920. The van der Waals surface area contributed by atoms with Gasteiger partial charge in [0, 0.05) is 11.4 Å². The quantitative estimate of drug-likeness (QED) is 0.792. The lowest BCUT2D eigenvalue weighted by Crippen LogP contribution is -2.44. The van der Waals surface area contributed by atoms with Crippen LogP contribution in [-0.2, 0) is 26.0 Å². The van der Waals surface area contributed by atoms with Crippen molar-refractivity contribution in [2.45, 2.75) is 25.8 Å². The zero-order valence-electron chi connectivity index (χ0n) is 11.0. The molecule has 19 heavy (non-hydrogen) atoms. The first kappa shape index (κ1) is 14.5. The maximum absolute atomic E-state index is 12.3. The predicted molar refractivity (Wildman–Crippen MR) is 73.6 cm³/mol. The molecular formula is C12H17NO4S2. The summed E-state index contributed by atoms with van der Waals surface area (Å²) in [6, 6.07) is 0.992. The summed E-state index contributed by atoms with van der Waals surface area (Å²) in [6.07, 6.45) is 1.19. The van der Waals surface area contributed by atoms with E-state index in [4.69, 9.17) is 4.74 Å². The van der Waals surface area contributed by atoms with Crippen molar-refractivity contribution < 1.29 is 17.9 Å². The standard InChI is InChI=1S/C12H17NO4S2/c1-3-8-19(15,16)13-6-4-10-9(5-7-18-10)11(13)12(14)17-2/h5,7,11H,3-4,6,8H2,1-2H3. The van der Waals surface area contributed by atoms with Crippen LogP contribution in [0.2, 0.25) is 0 Å². The van der Waals surface area contributed by atoms with E-state index in [2.05, 4.69) is 0 Å². The number of sulfonamides is 1. The van der Waals surface area contributed by atoms with Gasteiger partial charge in [0.25, 0.3) is 0 Å². The Bertz CT molecular complexity index is 564. The molecule has 0 spiro atoms. The molecule has 0 amide bonds. The van der Waals surface area contributed by atoms with Crippen molar-refractivity contribution >= 4 is 27.3 Å². The second kappa shape index (κ2) is 5.60. The Morgan fingerprint density at radius 1 is 1.58 bits per heavy atom. The molecule has 106 valence electrons. The van der Waals surface area contributed by atoms with E-state index in [1.165, 1.54) is 11.4 Å². The average molecular weight is 303 g/mol. The van der Waals surface area contributed by atoms with Gasteiger partial charge in [-0.25, -0.2) is 13.2 Å². The number of nitrogens with zero attached hydrogens (tertiary/aromatic N) is 1. The van der Waals surface area contributed by atoms with Crippen molar-refractivity contribution in [3.63, 3.8) is 0 Å². The number of thiophene rings is 1. The Morgan fingerprint density at radius 3 is 2.95 bits per heavy atom. The van der Waals surface area contributed by atoms with Crippen LogP contribution in [0.3, 0.4) is 0 Å². The number of esters is 1. The maximum atomic E-state index is 12.3. The fraction of sp³-hybridized carbons (Fsp3) is 0.583. The van der Waals surface area contributed by atoms with E-state index in [0.29, 0.717) is 19.4 Å². The van der Waals surface area contributed by atoms with Gasteiger partial charge in [-0.3, -0.25) is 0 Å². The van der Waals surface area contributed by atoms with E-state index in [1.54, 1.807) is 11.3 Å². The third-order valence-corrected chi connectivity index (χ3v) is 6.19. The molecule has 5 nitrogen and oxygen atoms in total. The zero-order chi connectivity index (χ0) is 14.0. The molecule has 2 rings (SSSR count). The summed E-state index contributed by atoms with van der Waals surface area (Å²) in [5, 5.41) is 1.89. The van der Waals surface area contributed by atoms with Crippen molar-refractivity contribution in [2.75, 3.05) is 19.4 Å². The predicted octanol–water partition coefficient (Wildman–Crippen LogP) is 1.56. The van der Waals surface area contributed by atoms with E-state index in [-0.39, 0.29) is 5.75 Å². The van der Waals surface area contributed by atoms with E-state index < -0.39 is 22.0 Å². The van der Waals surface area contributed by atoms with Crippen molar-refractivity contribution in [1.29, 1.82) is 0 Å². The lowest BCUT2D eigenvalue weighted by Gasteiger charge is -2.32. The molecule has 0 aliphatic carbocycles. The van der Waals surface area contributed by atoms with Crippen LogP contribution in [-0.4, -0.2) is 38.1 Å². The Kier molecular flexibility index (Phi) is 4.27. The fourth-order valence-electron chi connectivity index (χ4n) is 2.32. The van der Waals surface area contributed by atoms with E-state index in [1.807, 2.05) is 18.4 Å². The van der Waals surface area contributed by atoms with Gasteiger partial charge in [0.2, 0.25) is 10.0 Å². The Morgan fingerprint density at radius 2 is 2.32 bits per heavy atom. The van der Waals surface area contributed by atoms with Gasteiger partial charge in [0.05, 0.1) is 12.9 Å². The number of fused-ring (bicyclic) bond motifs is 1. The average Bonchev–Trinajstić information content (AvgIpc) is 2.84. The highest BCUT2D eigenvalue weighted by atomic mass is 32.2. The molecule has 7 heteroatoms. The summed E-state index contributed by atoms with van der Waals surface area (Å²) in [5.74, 6) is -0.459. The number of ether oxygens (including phenoxy) is 1. The van der Waals surface area contributed by atoms with Gasteiger partial charge < -0.3 is 4.74 Å². The van der Waals surface area contributed by atoms with Crippen molar-refractivity contribution in [2.24, 2.45) is 0 Å². The summed E-state index contributed by atoms with van der Waals surface area (Å²) < 4.78 is 30.6. The van der Waals surface area contributed by atoms with Crippen LogP contribution < -0.4 is 0 Å². The van der Waals surface area contributed by atoms with E-state index in [0.717, 1.165) is 10.4 Å². The third kappa shape index (κ3) is 2.68. The molecule has 0 N–H and O–H groups in total. The number of rotatable bonds is 4. The normalized spacial score (nSPS) is 20.0. The molecule has 1 aliphatic rings. The Labute approximate surface area is 117 Å². The lowest BCUT2D eigenvalue weighted by atomic mass is 10.0. The van der Waals surface area contributed by atoms with Crippen molar-refractivity contribution in [1.82, 2.24) is 4.31 Å². The summed E-state index contributed by atoms with van der Waals surface area (Å²) in [4.78, 5) is 13.0. The first-order valence-electron chi connectivity index (χ1n) is 6.15. The fourth-order valence-corrected chi connectivity index (χ4v) is 4.87. The minimum Gasteiger partial charge on any atom is -0.468 e. The first-order chi connectivity index (χ1) is 9.01. The molecule has 1 unspecified atom stereocenters. The van der Waals surface area contributed by atoms with Gasteiger partial charge in [-0.2, -0.15) is 4.31 Å². The van der Waals surface area contributed by atoms with Crippen molar-refractivity contribution in [3.8, 4) is 0 Å². The smallest absolute Gasteiger partial charge is 0.328 e. The van der Waals surface area contributed by atoms with Crippen molar-refractivity contribution in [3.05, 3.63) is 21.9 Å². The van der Waals surface area contributed by atoms with Crippen LogP contribution in [0.15, 0.2) is 11.4 Å². The molecule has 1 atom stereocenters. The van der Waals surface area contributed by atoms with E-state index in [9.17, 15) is 13.2 Å². The highest BCUT2D eigenvalue weighted by Gasteiger charge is 2.40. The molecular weight excluding hydrogens is 286 g/mol. The SMILES string of the molecule is CCCS(=O)(=O)N1CCc2sccc2C1C(=O)OC. The molecule has 0 radical (unpaired) electrons. The van der Waals surface area contributed by atoms with Crippen LogP contribution in [0.5, 0.6) is 0 Å². The largest absolute Gasteiger partial charge is 0.468 e.